The summed E-state index contributed by atoms with van der Waals surface area (Å²) in [4.78, 5) is 22.9. The van der Waals surface area contributed by atoms with Crippen LogP contribution < -0.4 is 5.32 Å². The molecule has 1 atom stereocenters. The summed E-state index contributed by atoms with van der Waals surface area (Å²) in [6, 6.07) is 4.98. The van der Waals surface area contributed by atoms with Crippen LogP contribution in [0.3, 0.4) is 0 Å². The first kappa shape index (κ1) is 17.7. The van der Waals surface area contributed by atoms with Gasteiger partial charge in [-0.05, 0) is 67.5 Å². The van der Waals surface area contributed by atoms with Crippen LogP contribution in [0.25, 0.3) is 0 Å². The van der Waals surface area contributed by atoms with E-state index in [9.17, 15) is 9.59 Å². The van der Waals surface area contributed by atoms with Crippen LogP contribution in [0.5, 0.6) is 0 Å². The molecule has 0 aliphatic heterocycles. The number of carbonyl (C=O) groups excluding carboxylic acids is 1. The zero-order valence-corrected chi connectivity index (χ0v) is 14.7. The fourth-order valence-electron chi connectivity index (χ4n) is 1.70. The van der Waals surface area contributed by atoms with Crippen molar-refractivity contribution in [3.05, 3.63) is 32.9 Å². The molecule has 1 aromatic rings. The largest absolute Gasteiger partial charge is 0.481 e. The molecule has 0 radical (unpaired) electrons. The average molecular weight is 405 g/mol. The Kier molecular flexibility index (Phi) is 6.00. The van der Waals surface area contributed by atoms with Crippen LogP contribution in [-0.4, -0.2) is 22.8 Å². The van der Waals surface area contributed by atoms with Crippen LogP contribution in [0.15, 0.2) is 18.2 Å². The van der Waals surface area contributed by atoms with E-state index in [2.05, 4.69) is 27.9 Å². The SMILES string of the molecule is Cc1ccc([C@@H](CC(=O)O)NC(=O)OC(C)(C)C)cc1I. The number of alkyl carbamates (subject to hydrolysis) is 1. The van der Waals surface area contributed by atoms with Crippen LogP contribution in [0.2, 0.25) is 0 Å². The molecule has 0 aliphatic rings. The first-order valence-electron chi connectivity index (χ1n) is 6.56. The second kappa shape index (κ2) is 7.11. The van der Waals surface area contributed by atoms with E-state index >= 15 is 0 Å². The third kappa shape index (κ3) is 6.33. The molecule has 0 unspecified atom stereocenters. The molecule has 116 valence electrons. The number of aryl methyl sites for hydroxylation is 1. The van der Waals surface area contributed by atoms with Gasteiger partial charge in [-0.3, -0.25) is 4.79 Å². The van der Waals surface area contributed by atoms with E-state index in [1.54, 1.807) is 20.8 Å². The van der Waals surface area contributed by atoms with E-state index in [1.807, 2.05) is 25.1 Å². The van der Waals surface area contributed by atoms with Gasteiger partial charge >= 0.3 is 12.1 Å². The predicted molar refractivity (Wildman–Crippen MR) is 88.3 cm³/mol. The van der Waals surface area contributed by atoms with Crippen molar-refractivity contribution in [2.45, 2.75) is 45.8 Å². The summed E-state index contributed by atoms with van der Waals surface area (Å²) in [6.45, 7) is 7.24. The molecule has 2 N–H and O–H groups in total. The maximum absolute atomic E-state index is 11.8. The Bertz CT molecular complexity index is 537. The summed E-state index contributed by atoms with van der Waals surface area (Å²) >= 11 is 2.18. The fourth-order valence-corrected chi connectivity index (χ4v) is 2.24. The minimum absolute atomic E-state index is 0.196. The minimum Gasteiger partial charge on any atom is -0.481 e. The van der Waals surface area contributed by atoms with E-state index in [0.717, 1.165) is 14.7 Å². The van der Waals surface area contributed by atoms with Crippen molar-refractivity contribution < 1.29 is 19.4 Å². The normalized spacial score (nSPS) is 12.6. The number of carbonyl (C=O) groups is 2. The van der Waals surface area contributed by atoms with Gasteiger partial charge in [0, 0.05) is 3.57 Å². The Morgan fingerprint density at radius 3 is 2.48 bits per heavy atom. The van der Waals surface area contributed by atoms with Gasteiger partial charge in [0.1, 0.15) is 5.60 Å². The lowest BCUT2D eigenvalue weighted by atomic mass is 10.0. The molecule has 0 bridgehead atoms. The highest BCUT2D eigenvalue weighted by Gasteiger charge is 2.22. The van der Waals surface area contributed by atoms with Gasteiger partial charge in [0.25, 0.3) is 0 Å². The van der Waals surface area contributed by atoms with Crippen LogP contribution in [0, 0.1) is 10.5 Å². The molecule has 6 heteroatoms. The number of halogens is 1. The first-order chi connectivity index (χ1) is 9.58. The monoisotopic (exact) mass is 405 g/mol. The number of carboxylic acids is 1. The number of ether oxygens (including phenoxy) is 1. The number of nitrogens with one attached hydrogen (secondary N) is 1. The molecule has 1 aromatic carbocycles. The topological polar surface area (TPSA) is 75.6 Å². The quantitative estimate of drug-likeness (QED) is 0.751. The molecule has 0 spiro atoms. The number of rotatable bonds is 4. The summed E-state index contributed by atoms with van der Waals surface area (Å²) in [5, 5.41) is 11.6. The van der Waals surface area contributed by atoms with Crippen molar-refractivity contribution in [3.63, 3.8) is 0 Å². The first-order valence-corrected chi connectivity index (χ1v) is 7.64. The van der Waals surface area contributed by atoms with Gasteiger partial charge in [0.2, 0.25) is 0 Å². The predicted octanol–water partition coefficient (Wildman–Crippen LogP) is 3.64. The molecular weight excluding hydrogens is 385 g/mol. The lowest BCUT2D eigenvalue weighted by Crippen LogP contribution is -2.35. The third-order valence-corrected chi connectivity index (χ3v) is 3.83. The Morgan fingerprint density at radius 2 is 2.00 bits per heavy atom. The van der Waals surface area contributed by atoms with Gasteiger partial charge in [-0.1, -0.05) is 12.1 Å². The second-order valence-electron chi connectivity index (χ2n) is 5.81. The van der Waals surface area contributed by atoms with Crippen LogP contribution in [0.4, 0.5) is 4.79 Å². The van der Waals surface area contributed by atoms with Crippen molar-refractivity contribution in [2.24, 2.45) is 0 Å². The standard InChI is InChI=1S/C15H20INO4/c1-9-5-6-10(7-11(9)16)12(8-13(18)19)17-14(20)21-15(2,3)4/h5-7,12H,8H2,1-4H3,(H,17,20)(H,18,19)/t12-/m1/s1. The smallest absolute Gasteiger partial charge is 0.408 e. The Morgan fingerprint density at radius 1 is 1.38 bits per heavy atom. The van der Waals surface area contributed by atoms with Crippen molar-refractivity contribution in [3.8, 4) is 0 Å². The Labute approximate surface area is 138 Å². The van der Waals surface area contributed by atoms with Crippen LogP contribution in [-0.2, 0) is 9.53 Å². The van der Waals surface area contributed by atoms with Gasteiger partial charge in [-0.2, -0.15) is 0 Å². The summed E-state index contributed by atoms with van der Waals surface area (Å²) < 4.78 is 6.20. The molecule has 1 rings (SSSR count). The average Bonchev–Trinajstić information content (AvgIpc) is 2.28. The van der Waals surface area contributed by atoms with Crippen molar-refractivity contribution in [2.75, 3.05) is 0 Å². The Balaban J connectivity index is 2.92. The van der Waals surface area contributed by atoms with Gasteiger partial charge in [0.05, 0.1) is 12.5 Å². The second-order valence-corrected chi connectivity index (χ2v) is 6.97. The van der Waals surface area contributed by atoms with Gasteiger partial charge in [-0.15, -0.1) is 0 Å². The minimum atomic E-state index is -0.980. The van der Waals surface area contributed by atoms with E-state index in [1.165, 1.54) is 0 Å². The third-order valence-electron chi connectivity index (χ3n) is 2.67. The summed E-state index contributed by atoms with van der Waals surface area (Å²) in [7, 11) is 0. The van der Waals surface area contributed by atoms with E-state index in [4.69, 9.17) is 9.84 Å². The lowest BCUT2D eigenvalue weighted by molar-refractivity contribution is -0.137. The van der Waals surface area contributed by atoms with Gasteiger partial charge in [0.15, 0.2) is 0 Å². The number of carboxylic acid groups (broad SMARTS) is 1. The number of amides is 1. The molecule has 0 saturated heterocycles. The van der Waals surface area contributed by atoms with Crippen LogP contribution >= 0.6 is 22.6 Å². The highest BCUT2D eigenvalue weighted by molar-refractivity contribution is 14.1. The molecule has 1 amide bonds. The molecule has 5 nitrogen and oxygen atoms in total. The molecular formula is C15H20INO4. The zero-order chi connectivity index (χ0) is 16.2. The fraction of sp³-hybridized carbons (Fsp3) is 0.467. The number of hydrogen-bond acceptors (Lipinski definition) is 3. The number of benzene rings is 1. The van der Waals surface area contributed by atoms with E-state index in [-0.39, 0.29) is 6.42 Å². The van der Waals surface area contributed by atoms with Crippen molar-refractivity contribution in [1.82, 2.24) is 5.32 Å². The maximum atomic E-state index is 11.8. The molecule has 0 aliphatic carbocycles. The van der Waals surface area contributed by atoms with Gasteiger partial charge < -0.3 is 15.2 Å². The van der Waals surface area contributed by atoms with Crippen LogP contribution in [0.1, 0.15) is 44.4 Å². The molecule has 0 heterocycles. The molecule has 21 heavy (non-hydrogen) atoms. The summed E-state index contributed by atoms with van der Waals surface area (Å²) in [5.74, 6) is -0.980. The summed E-state index contributed by atoms with van der Waals surface area (Å²) in [5.41, 5.74) is 1.23. The highest BCUT2D eigenvalue weighted by Crippen LogP contribution is 2.22. The molecule has 0 saturated carbocycles. The maximum Gasteiger partial charge on any atom is 0.408 e. The number of aliphatic carboxylic acids is 1. The van der Waals surface area contributed by atoms with E-state index < -0.39 is 23.7 Å². The van der Waals surface area contributed by atoms with Crippen molar-refractivity contribution in [1.29, 1.82) is 0 Å². The molecule has 0 aromatic heterocycles. The zero-order valence-electron chi connectivity index (χ0n) is 12.6. The summed E-state index contributed by atoms with van der Waals surface area (Å²) in [6.07, 6.45) is -0.817. The van der Waals surface area contributed by atoms with Gasteiger partial charge in [-0.25, -0.2) is 4.79 Å². The molecule has 0 fully saturated rings. The highest BCUT2D eigenvalue weighted by atomic mass is 127. The lowest BCUT2D eigenvalue weighted by Gasteiger charge is -2.23. The van der Waals surface area contributed by atoms with E-state index in [0.29, 0.717) is 0 Å². The Hall–Kier alpha value is -1.31. The van der Waals surface area contributed by atoms with Crippen molar-refractivity contribution >= 4 is 34.7 Å². The number of hydrogen-bond donors (Lipinski definition) is 2.